The third kappa shape index (κ3) is 4.43. The van der Waals surface area contributed by atoms with Crippen LogP contribution in [0.3, 0.4) is 0 Å². The first-order valence-electron chi connectivity index (χ1n) is 11.9. The van der Waals surface area contributed by atoms with Crippen LogP contribution in [0.25, 0.3) is 26.9 Å². The van der Waals surface area contributed by atoms with Gasteiger partial charge in [-0.1, -0.05) is 48.5 Å². The number of methoxy groups -OCH3 is 1. The number of anilines is 1. The lowest BCUT2D eigenvalue weighted by Gasteiger charge is -2.18. The fourth-order valence-electron chi connectivity index (χ4n) is 4.30. The number of ether oxygens (including phenoxy) is 1. The predicted octanol–water partition coefficient (Wildman–Crippen LogP) is 7.11. The zero-order chi connectivity index (χ0) is 25.4. The highest BCUT2D eigenvalue weighted by Crippen LogP contribution is 2.33. The van der Waals surface area contributed by atoms with E-state index in [1.165, 1.54) is 10.3 Å². The van der Waals surface area contributed by atoms with Crippen LogP contribution in [-0.4, -0.2) is 23.8 Å². The van der Waals surface area contributed by atoms with Crippen LogP contribution in [0.1, 0.15) is 16.7 Å². The molecule has 180 valence electrons. The minimum atomic E-state index is -0.169. The second-order valence-electron chi connectivity index (χ2n) is 8.78. The normalized spacial score (nSPS) is 14.4. The number of aromatic nitrogens is 1. The summed E-state index contributed by atoms with van der Waals surface area (Å²) >= 11 is 1.67. The highest BCUT2D eigenvalue weighted by molar-refractivity contribution is 7.21. The molecule has 6 heteroatoms. The number of benzene rings is 4. The first kappa shape index (κ1) is 22.9. The number of rotatable bonds is 5. The maximum Gasteiger partial charge on any atom is 0.282 e. The number of nitrogens with zero attached hydrogens (tertiary/aromatic N) is 3. The molecule has 5 aromatic rings. The smallest absolute Gasteiger partial charge is 0.282 e. The van der Waals surface area contributed by atoms with Crippen LogP contribution in [0.4, 0.5) is 5.69 Å². The molecule has 0 radical (unpaired) electrons. The number of carbonyl (C=O) groups is 1. The number of aryl methyl sites for hydroxylation is 1. The number of hydrogen-bond donors (Lipinski definition) is 0. The van der Waals surface area contributed by atoms with Crippen molar-refractivity contribution in [3.63, 3.8) is 0 Å². The molecule has 0 unspecified atom stereocenters. The third-order valence-electron chi connectivity index (χ3n) is 6.23. The SMILES string of the molecule is COc1ccc(/C=C2\N=C(c3ccccc3)N(c3ccc(-c4nc5ccc(C)cc5s4)cc3)C2=O)cc1. The van der Waals surface area contributed by atoms with Gasteiger partial charge in [0, 0.05) is 11.1 Å². The summed E-state index contributed by atoms with van der Waals surface area (Å²) in [5, 5.41) is 0.955. The molecular weight excluding hydrogens is 478 g/mol. The molecule has 1 aliphatic heterocycles. The van der Waals surface area contributed by atoms with Crippen molar-refractivity contribution in [3.8, 4) is 16.3 Å². The predicted molar refractivity (Wildman–Crippen MR) is 151 cm³/mol. The Bertz CT molecular complexity index is 1670. The summed E-state index contributed by atoms with van der Waals surface area (Å²) in [5.41, 5.74) is 6.12. The molecule has 5 nitrogen and oxygen atoms in total. The number of fused-ring (bicyclic) bond motifs is 1. The summed E-state index contributed by atoms with van der Waals surface area (Å²) in [5.74, 6) is 1.20. The first-order chi connectivity index (χ1) is 18.1. The van der Waals surface area contributed by atoms with Crippen molar-refractivity contribution in [3.05, 3.63) is 119 Å². The van der Waals surface area contributed by atoms with E-state index in [1.54, 1.807) is 23.3 Å². The van der Waals surface area contributed by atoms with Gasteiger partial charge in [-0.25, -0.2) is 9.98 Å². The van der Waals surface area contributed by atoms with E-state index in [2.05, 4.69) is 25.1 Å². The molecule has 0 saturated heterocycles. The van der Waals surface area contributed by atoms with E-state index in [-0.39, 0.29) is 5.91 Å². The Hall–Kier alpha value is -4.55. The van der Waals surface area contributed by atoms with Crippen LogP contribution >= 0.6 is 11.3 Å². The summed E-state index contributed by atoms with van der Waals surface area (Å²) in [4.78, 5) is 24.9. The van der Waals surface area contributed by atoms with Gasteiger partial charge in [-0.3, -0.25) is 9.69 Å². The number of thiazole rings is 1. The van der Waals surface area contributed by atoms with E-state index < -0.39 is 0 Å². The van der Waals surface area contributed by atoms with Crippen LogP contribution in [0.5, 0.6) is 5.75 Å². The van der Waals surface area contributed by atoms with Gasteiger partial charge in [0.15, 0.2) is 0 Å². The van der Waals surface area contributed by atoms with Crippen molar-refractivity contribution in [2.24, 2.45) is 4.99 Å². The van der Waals surface area contributed by atoms with Gasteiger partial charge >= 0.3 is 0 Å². The number of hydrogen-bond acceptors (Lipinski definition) is 5. The zero-order valence-corrected chi connectivity index (χ0v) is 21.2. The summed E-state index contributed by atoms with van der Waals surface area (Å²) < 4.78 is 6.41. The Morgan fingerprint density at radius 2 is 1.62 bits per heavy atom. The average molecular weight is 502 g/mol. The van der Waals surface area contributed by atoms with Gasteiger partial charge in [0.05, 0.1) is 23.0 Å². The molecule has 1 aromatic heterocycles. The highest BCUT2D eigenvalue weighted by Gasteiger charge is 2.32. The summed E-state index contributed by atoms with van der Waals surface area (Å²) in [6.07, 6.45) is 1.81. The van der Waals surface area contributed by atoms with E-state index >= 15 is 0 Å². The Labute approximate surface area is 219 Å². The maximum absolute atomic E-state index is 13.6. The van der Waals surface area contributed by atoms with E-state index in [0.717, 1.165) is 38.7 Å². The number of carbonyl (C=O) groups excluding carboxylic acids is 1. The van der Waals surface area contributed by atoms with Crippen molar-refractivity contribution in [1.82, 2.24) is 4.98 Å². The van der Waals surface area contributed by atoms with Crippen molar-refractivity contribution in [1.29, 1.82) is 0 Å². The van der Waals surface area contributed by atoms with Gasteiger partial charge in [0.25, 0.3) is 5.91 Å². The van der Waals surface area contributed by atoms with Crippen LogP contribution < -0.4 is 9.64 Å². The monoisotopic (exact) mass is 501 g/mol. The molecule has 4 aromatic carbocycles. The molecule has 1 amide bonds. The molecule has 0 spiro atoms. The van der Waals surface area contributed by atoms with Gasteiger partial charge in [0.2, 0.25) is 0 Å². The molecule has 0 N–H and O–H groups in total. The first-order valence-corrected chi connectivity index (χ1v) is 12.7. The van der Waals surface area contributed by atoms with Crippen molar-refractivity contribution < 1.29 is 9.53 Å². The van der Waals surface area contributed by atoms with Crippen molar-refractivity contribution >= 4 is 45.1 Å². The molecule has 0 atom stereocenters. The lowest BCUT2D eigenvalue weighted by Crippen LogP contribution is -2.32. The summed E-state index contributed by atoms with van der Waals surface area (Å²) in [6.45, 7) is 2.09. The molecule has 0 saturated carbocycles. The summed E-state index contributed by atoms with van der Waals surface area (Å²) in [7, 11) is 1.63. The third-order valence-corrected chi connectivity index (χ3v) is 7.30. The maximum atomic E-state index is 13.6. The lowest BCUT2D eigenvalue weighted by molar-refractivity contribution is -0.113. The zero-order valence-electron chi connectivity index (χ0n) is 20.4. The lowest BCUT2D eigenvalue weighted by atomic mass is 10.1. The van der Waals surface area contributed by atoms with Crippen LogP contribution in [0, 0.1) is 6.92 Å². The summed E-state index contributed by atoms with van der Waals surface area (Å²) in [6, 6.07) is 31.6. The number of amidine groups is 1. The fourth-order valence-corrected chi connectivity index (χ4v) is 5.37. The quantitative estimate of drug-likeness (QED) is 0.241. The average Bonchev–Trinajstić information content (AvgIpc) is 3.50. The minimum Gasteiger partial charge on any atom is -0.497 e. The Morgan fingerprint density at radius 1 is 0.865 bits per heavy atom. The number of amides is 1. The van der Waals surface area contributed by atoms with Gasteiger partial charge < -0.3 is 4.74 Å². The second-order valence-corrected chi connectivity index (χ2v) is 9.81. The molecule has 2 heterocycles. The van der Waals surface area contributed by atoms with E-state index in [9.17, 15) is 4.79 Å². The van der Waals surface area contributed by atoms with Crippen molar-refractivity contribution in [2.45, 2.75) is 6.92 Å². The second kappa shape index (κ2) is 9.48. The Morgan fingerprint density at radius 3 is 2.35 bits per heavy atom. The molecule has 6 rings (SSSR count). The van der Waals surface area contributed by atoms with Gasteiger partial charge in [-0.15, -0.1) is 11.3 Å². The molecule has 0 bridgehead atoms. The standard InChI is InChI=1S/C31H23N3O2S/c1-20-8-17-26-28(18-20)37-30(33-26)23-11-13-24(14-12-23)34-29(22-6-4-3-5-7-22)32-27(31(34)35)19-21-9-15-25(36-2)16-10-21/h3-19H,1-2H3/b27-19-. The highest BCUT2D eigenvalue weighted by atomic mass is 32.1. The Balaban J connectivity index is 1.36. The van der Waals surface area contributed by atoms with Crippen LogP contribution in [0.2, 0.25) is 0 Å². The fraction of sp³-hybridized carbons (Fsp3) is 0.0645. The van der Waals surface area contributed by atoms with Gasteiger partial charge in [-0.2, -0.15) is 0 Å². The van der Waals surface area contributed by atoms with Crippen LogP contribution in [-0.2, 0) is 4.79 Å². The Kier molecular flexibility index (Phi) is 5.87. The van der Waals surface area contributed by atoms with E-state index in [0.29, 0.717) is 11.5 Å². The van der Waals surface area contributed by atoms with Crippen LogP contribution in [0.15, 0.2) is 108 Å². The molecule has 1 aliphatic rings. The molecule has 0 aliphatic carbocycles. The molecule has 37 heavy (non-hydrogen) atoms. The van der Waals surface area contributed by atoms with Gasteiger partial charge in [0.1, 0.15) is 22.3 Å². The van der Waals surface area contributed by atoms with Gasteiger partial charge in [-0.05, 0) is 72.7 Å². The largest absolute Gasteiger partial charge is 0.497 e. The molecule has 0 fully saturated rings. The van der Waals surface area contributed by atoms with E-state index in [4.69, 9.17) is 14.7 Å². The van der Waals surface area contributed by atoms with Crippen molar-refractivity contribution in [2.75, 3.05) is 12.0 Å². The minimum absolute atomic E-state index is 0.169. The number of aliphatic imine (C=N–C) groups is 1. The van der Waals surface area contributed by atoms with E-state index in [1.807, 2.05) is 84.9 Å². The topological polar surface area (TPSA) is 54.8 Å². The molecular formula is C31H23N3O2S.